The summed E-state index contributed by atoms with van der Waals surface area (Å²) in [5, 5.41) is 7.02. The molecule has 2 aromatic carbocycles. The van der Waals surface area contributed by atoms with Gasteiger partial charge < -0.3 is 20.1 Å². The van der Waals surface area contributed by atoms with Crippen molar-refractivity contribution in [3.05, 3.63) is 53.1 Å². The smallest absolute Gasteiger partial charge is 0.238 e. The van der Waals surface area contributed by atoms with Gasteiger partial charge in [0.15, 0.2) is 11.5 Å². The van der Waals surface area contributed by atoms with E-state index in [4.69, 9.17) is 21.1 Å². The molecule has 1 fully saturated rings. The number of piperazine rings is 1. The third-order valence-corrected chi connectivity index (χ3v) is 4.84. The molecule has 0 saturated carbocycles. The van der Waals surface area contributed by atoms with Gasteiger partial charge in [-0.2, -0.15) is 0 Å². The third kappa shape index (κ3) is 5.52. The first kappa shape index (κ1) is 22.3. The Morgan fingerprint density at radius 3 is 2.71 bits per heavy atom. The number of ether oxygens (including phenoxy) is 2. The van der Waals surface area contributed by atoms with Gasteiger partial charge in [0.2, 0.25) is 5.91 Å². The van der Waals surface area contributed by atoms with Crippen LogP contribution in [0.15, 0.2) is 42.5 Å². The number of rotatable bonds is 6. The lowest BCUT2D eigenvalue weighted by Gasteiger charge is -2.36. The van der Waals surface area contributed by atoms with Crippen molar-refractivity contribution in [2.45, 2.75) is 6.04 Å². The molecule has 1 aliphatic rings. The Balaban J connectivity index is 0.00000280. The molecule has 6 nitrogen and oxygen atoms in total. The lowest BCUT2D eigenvalue weighted by molar-refractivity contribution is -0.118. The highest BCUT2D eigenvalue weighted by Gasteiger charge is 2.25. The first-order valence-corrected chi connectivity index (χ1v) is 9.20. The molecule has 0 aliphatic carbocycles. The maximum Gasteiger partial charge on any atom is 0.238 e. The SMILES string of the molecule is COc1ccc(NC(=O)CN2CCNCC2c2cccc(Cl)c2)cc1OC.Cl. The van der Waals surface area contributed by atoms with Crippen molar-refractivity contribution in [2.24, 2.45) is 0 Å². The van der Waals surface area contributed by atoms with Crippen LogP contribution >= 0.6 is 24.0 Å². The largest absolute Gasteiger partial charge is 0.493 e. The second-order valence-electron chi connectivity index (χ2n) is 6.36. The molecule has 1 aliphatic heterocycles. The van der Waals surface area contributed by atoms with E-state index in [1.807, 2.05) is 24.3 Å². The van der Waals surface area contributed by atoms with Crippen LogP contribution in [0.25, 0.3) is 0 Å². The molecule has 28 heavy (non-hydrogen) atoms. The number of amides is 1. The number of carbonyl (C=O) groups is 1. The highest BCUT2D eigenvalue weighted by Crippen LogP contribution is 2.30. The molecule has 0 radical (unpaired) electrons. The molecule has 0 bridgehead atoms. The average molecular weight is 426 g/mol. The molecule has 3 rings (SSSR count). The van der Waals surface area contributed by atoms with Gasteiger partial charge >= 0.3 is 0 Å². The highest BCUT2D eigenvalue weighted by molar-refractivity contribution is 6.30. The second-order valence-corrected chi connectivity index (χ2v) is 6.80. The average Bonchev–Trinajstić information content (AvgIpc) is 2.68. The maximum absolute atomic E-state index is 12.6. The molecule has 8 heteroatoms. The minimum atomic E-state index is -0.0730. The van der Waals surface area contributed by atoms with Gasteiger partial charge in [-0.1, -0.05) is 23.7 Å². The van der Waals surface area contributed by atoms with Gasteiger partial charge in [-0.25, -0.2) is 0 Å². The second kappa shape index (κ2) is 10.5. The Morgan fingerprint density at radius 1 is 1.21 bits per heavy atom. The van der Waals surface area contributed by atoms with E-state index in [0.29, 0.717) is 28.8 Å². The van der Waals surface area contributed by atoms with Crippen LogP contribution in [0, 0.1) is 0 Å². The van der Waals surface area contributed by atoms with Crippen molar-refractivity contribution in [2.75, 3.05) is 45.7 Å². The van der Waals surface area contributed by atoms with Gasteiger partial charge in [0.05, 0.1) is 20.8 Å². The molecular formula is C20H25Cl2N3O3. The normalized spacial score (nSPS) is 16.8. The molecule has 1 atom stereocenters. The fourth-order valence-electron chi connectivity index (χ4n) is 3.28. The molecule has 0 aromatic heterocycles. The summed E-state index contributed by atoms with van der Waals surface area (Å²) in [5.41, 5.74) is 1.78. The monoisotopic (exact) mass is 425 g/mol. The molecule has 152 valence electrons. The van der Waals surface area contributed by atoms with Crippen LogP contribution in [0.3, 0.4) is 0 Å². The Hall–Kier alpha value is -1.99. The summed E-state index contributed by atoms with van der Waals surface area (Å²) in [6.07, 6.45) is 0. The van der Waals surface area contributed by atoms with Crippen molar-refractivity contribution >= 4 is 35.6 Å². The lowest BCUT2D eigenvalue weighted by atomic mass is 10.0. The summed E-state index contributed by atoms with van der Waals surface area (Å²) < 4.78 is 10.5. The molecule has 0 spiro atoms. The van der Waals surface area contributed by atoms with Crippen LogP contribution in [0.2, 0.25) is 5.02 Å². The molecule has 2 N–H and O–H groups in total. The topological polar surface area (TPSA) is 62.8 Å². The summed E-state index contributed by atoms with van der Waals surface area (Å²) in [6, 6.07) is 13.2. The zero-order valence-corrected chi connectivity index (χ0v) is 17.5. The van der Waals surface area contributed by atoms with Crippen molar-refractivity contribution in [1.29, 1.82) is 0 Å². The van der Waals surface area contributed by atoms with E-state index in [1.54, 1.807) is 32.4 Å². The number of benzene rings is 2. The number of nitrogens with zero attached hydrogens (tertiary/aromatic N) is 1. The number of nitrogens with one attached hydrogen (secondary N) is 2. The molecule has 2 aromatic rings. The maximum atomic E-state index is 12.6. The number of methoxy groups -OCH3 is 2. The summed E-state index contributed by atoms with van der Waals surface area (Å²) in [7, 11) is 3.15. The van der Waals surface area contributed by atoms with E-state index < -0.39 is 0 Å². The molecule has 1 unspecified atom stereocenters. The van der Waals surface area contributed by atoms with Gasteiger partial charge in [-0.05, 0) is 29.8 Å². The minimum absolute atomic E-state index is 0. The van der Waals surface area contributed by atoms with Gasteiger partial charge in [0.1, 0.15) is 0 Å². The Kier molecular flexibility index (Phi) is 8.38. The first-order valence-electron chi connectivity index (χ1n) is 8.83. The van der Waals surface area contributed by atoms with Crippen LogP contribution in [-0.4, -0.2) is 51.2 Å². The first-order chi connectivity index (χ1) is 13.1. The Labute approximate surface area is 176 Å². The van der Waals surface area contributed by atoms with Crippen molar-refractivity contribution in [3.8, 4) is 11.5 Å². The lowest BCUT2D eigenvalue weighted by Crippen LogP contribution is -2.48. The quantitative estimate of drug-likeness (QED) is 0.742. The van der Waals surface area contributed by atoms with Gasteiger partial charge in [-0.15, -0.1) is 12.4 Å². The molecule has 1 heterocycles. The van der Waals surface area contributed by atoms with E-state index in [-0.39, 0.29) is 24.4 Å². The Morgan fingerprint density at radius 2 is 2.00 bits per heavy atom. The zero-order valence-electron chi connectivity index (χ0n) is 15.9. The van der Waals surface area contributed by atoms with Gasteiger partial charge in [0, 0.05) is 42.5 Å². The van der Waals surface area contributed by atoms with E-state index in [9.17, 15) is 4.79 Å². The summed E-state index contributed by atoms with van der Waals surface area (Å²) in [4.78, 5) is 14.8. The minimum Gasteiger partial charge on any atom is -0.493 e. The molecular weight excluding hydrogens is 401 g/mol. The predicted molar refractivity (Wildman–Crippen MR) is 114 cm³/mol. The number of halogens is 2. The van der Waals surface area contributed by atoms with Crippen molar-refractivity contribution in [3.63, 3.8) is 0 Å². The fourth-order valence-corrected chi connectivity index (χ4v) is 3.48. The van der Waals surface area contributed by atoms with E-state index in [0.717, 1.165) is 25.2 Å². The number of anilines is 1. The summed E-state index contributed by atoms with van der Waals surface area (Å²) >= 11 is 6.14. The van der Waals surface area contributed by atoms with Crippen molar-refractivity contribution in [1.82, 2.24) is 10.2 Å². The number of hydrogen-bond donors (Lipinski definition) is 2. The number of hydrogen-bond acceptors (Lipinski definition) is 5. The highest BCUT2D eigenvalue weighted by atomic mass is 35.5. The van der Waals surface area contributed by atoms with Crippen LogP contribution in [0.1, 0.15) is 11.6 Å². The van der Waals surface area contributed by atoms with Gasteiger partial charge in [0.25, 0.3) is 0 Å². The van der Waals surface area contributed by atoms with Crippen LogP contribution < -0.4 is 20.1 Å². The number of carbonyl (C=O) groups excluding carboxylic acids is 1. The predicted octanol–water partition coefficient (Wildman–Crippen LogP) is 3.36. The van der Waals surface area contributed by atoms with E-state index in [2.05, 4.69) is 15.5 Å². The molecule has 1 saturated heterocycles. The van der Waals surface area contributed by atoms with Crippen LogP contribution in [0.4, 0.5) is 5.69 Å². The third-order valence-electron chi connectivity index (χ3n) is 4.60. The summed E-state index contributed by atoms with van der Waals surface area (Å²) in [6.45, 7) is 2.72. The summed E-state index contributed by atoms with van der Waals surface area (Å²) in [5.74, 6) is 1.13. The zero-order chi connectivity index (χ0) is 19.2. The van der Waals surface area contributed by atoms with E-state index in [1.165, 1.54) is 0 Å². The van der Waals surface area contributed by atoms with Crippen LogP contribution in [0.5, 0.6) is 11.5 Å². The van der Waals surface area contributed by atoms with Gasteiger partial charge in [-0.3, -0.25) is 9.69 Å². The van der Waals surface area contributed by atoms with Crippen molar-refractivity contribution < 1.29 is 14.3 Å². The molecule has 1 amide bonds. The Bertz CT molecular complexity index is 804. The standard InChI is InChI=1S/C20H24ClN3O3.ClH/c1-26-18-7-6-16(11-19(18)27-2)23-20(25)13-24-9-8-22-12-17(24)14-4-3-5-15(21)10-14;/h3-7,10-11,17,22H,8-9,12-13H2,1-2H3,(H,23,25);1H. The van der Waals surface area contributed by atoms with Crippen LogP contribution in [-0.2, 0) is 4.79 Å². The fraction of sp³-hybridized carbons (Fsp3) is 0.350. The van der Waals surface area contributed by atoms with E-state index >= 15 is 0 Å².